The van der Waals surface area contributed by atoms with Gasteiger partial charge in [-0.1, -0.05) is 18.0 Å². The lowest BCUT2D eigenvalue weighted by Gasteiger charge is -2.35. The van der Waals surface area contributed by atoms with Gasteiger partial charge in [0.05, 0.1) is 17.6 Å². The summed E-state index contributed by atoms with van der Waals surface area (Å²) in [7, 11) is 2.03. The number of hydrogen-bond acceptors (Lipinski definition) is 4. The van der Waals surface area contributed by atoms with Gasteiger partial charge in [0.1, 0.15) is 5.82 Å². The Labute approximate surface area is 165 Å². The molecule has 1 fully saturated rings. The number of imidazole rings is 1. The van der Waals surface area contributed by atoms with Crippen LogP contribution in [0.1, 0.15) is 31.5 Å². The van der Waals surface area contributed by atoms with Crippen LogP contribution in [0.2, 0.25) is 5.02 Å². The molecule has 3 rings (SSSR count). The number of hydrogen-bond donors (Lipinski definition) is 2. The predicted molar refractivity (Wildman–Crippen MR) is 108 cm³/mol. The van der Waals surface area contributed by atoms with Crippen molar-refractivity contribution in [3.8, 4) is 0 Å². The number of fused-ring (bicyclic) bond motifs is 1. The van der Waals surface area contributed by atoms with Gasteiger partial charge in [0.15, 0.2) is 0 Å². The topological polar surface area (TPSA) is 76.2 Å². The van der Waals surface area contributed by atoms with Gasteiger partial charge in [-0.15, -0.1) is 12.4 Å². The Hall–Kier alpha value is -1.34. The molecule has 8 heteroatoms. The summed E-state index contributed by atoms with van der Waals surface area (Å²) in [4.78, 5) is 18.9. The summed E-state index contributed by atoms with van der Waals surface area (Å²) < 4.78 is 2.11. The lowest BCUT2D eigenvalue weighted by molar-refractivity contribution is -0.121. The standard InChI is InChI=1S/C18H26ClN5O.ClH/c1-23-16-10-13(19)5-6-15(16)22-17(23)12-24-9-3-2-4-14(24)11-21-18(25)7-8-20;/h5-6,10,14H,2-4,7-9,11-12,20H2,1H3,(H,21,25);1H. The zero-order chi connectivity index (χ0) is 17.8. The predicted octanol–water partition coefficient (Wildman–Crippen LogP) is 2.47. The summed E-state index contributed by atoms with van der Waals surface area (Å²) in [5, 5.41) is 3.74. The highest BCUT2D eigenvalue weighted by Gasteiger charge is 2.24. The Kier molecular flexibility index (Phi) is 7.70. The molecular formula is C18H27Cl2N5O. The summed E-state index contributed by atoms with van der Waals surface area (Å²) in [6.07, 6.45) is 3.87. The van der Waals surface area contributed by atoms with Gasteiger partial charge in [-0.05, 0) is 37.6 Å². The van der Waals surface area contributed by atoms with Crippen molar-refractivity contribution in [3.63, 3.8) is 0 Å². The van der Waals surface area contributed by atoms with Gasteiger partial charge in [-0.2, -0.15) is 0 Å². The Balaban J connectivity index is 0.00000243. The van der Waals surface area contributed by atoms with Crippen molar-refractivity contribution in [1.82, 2.24) is 19.8 Å². The molecule has 1 aromatic carbocycles. The molecule has 6 nitrogen and oxygen atoms in total. The number of likely N-dealkylation sites (tertiary alicyclic amines) is 1. The Morgan fingerprint density at radius 1 is 1.42 bits per heavy atom. The van der Waals surface area contributed by atoms with Crippen LogP contribution in [0.5, 0.6) is 0 Å². The zero-order valence-corrected chi connectivity index (χ0v) is 16.7. The minimum Gasteiger partial charge on any atom is -0.354 e. The summed E-state index contributed by atoms with van der Waals surface area (Å²) >= 11 is 6.11. The monoisotopic (exact) mass is 399 g/mol. The maximum atomic E-state index is 11.7. The number of benzene rings is 1. The molecule has 3 N–H and O–H groups in total. The number of nitrogens with one attached hydrogen (secondary N) is 1. The Morgan fingerprint density at radius 2 is 2.23 bits per heavy atom. The van der Waals surface area contributed by atoms with E-state index in [4.69, 9.17) is 22.3 Å². The number of nitrogens with zero attached hydrogens (tertiary/aromatic N) is 3. The van der Waals surface area contributed by atoms with E-state index in [1.54, 1.807) is 0 Å². The van der Waals surface area contributed by atoms with E-state index in [9.17, 15) is 4.79 Å². The highest BCUT2D eigenvalue weighted by Crippen LogP contribution is 2.23. The number of amides is 1. The third-order valence-corrected chi connectivity index (χ3v) is 5.17. The lowest BCUT2D eigenvalue weighted by atomic mass is 10.0. The summed E-state index contributed by atoms with van der Waals surface area (Å²) in [6.45, 7) is 2.87. The van der Waals surface area contributed by atoms with Crippen LogP contribution in [0.25, 0.3) is 11.0 Å². The molecule has 1 aliphatic heterocycles. The van der Waals surface area contributed by atoms with E-state index in [0.29, 0.717) is 25.6 Å². The fourth-order valence-electron chi connectivity index (χ4n) is 3.49. The van der Waals surface area contributed by atoms with Crippen molar-refractivity contribution >= 4 is 40.9 Å². The molecule has 1 saturated heterocycles. The summed E-state index contributed by atoms with van der Waals surface area (Å²) in [6, 6.07) is 6.13. The largest absolute Gasteiger partial charge is 0.354 e. The van der Waals surface area contributed by atoms with E-state index in [1.807, 2.05) is 25.2 Å². The number of rotatable bonds is 6. The van der Waals surface area contributed by atoms with Crippen LogP contribution in [0.4, 0.5) is 0 Å². The van der Waals surface area contributed by atoms with Crippen LogP contribution >= 0.6 is 24.0 Å². The molecule has 1 aliphatic rings. The first-order chi connectivity index (χ1) is 12.1. The van der Waals surface area contributed by atoms with Crippen molar-refractivity contribution in [2.45, 2.75) is 38.3 Å². The fourth-order valence-corrected chi connectivity index (χ4v) is 3.65. The van der Waals surface area contributed by atoms with E-state index >= 15 is 0 Å². The average molecular weight is 400 g/mol. The van der Waals surface area contributed by atoms with Crippen molar-refractivity contribution < 1.29 is 4.79 Å². The number of aryl methyl sites for hydroxylation is 1. The van der Waals surface area contributed by atoms with Crippen LogP contribution in [-0.2, 0) is 18.4 Å². The third-order valence-electron chi connectivity index (χ3n) is 4.94. The van der Waals surface area contributed by atoms with E-state index in [2.05, 4.69) is 14.8 Å². The van der Waals surface area contributed by atoms with E-state index < -0.39 is 0 Å². The van der Waals surface area contributed by atoms with Crippen molar-refractivity contribution in [3.05, 3.63) is 29.0 Å². The maximum Gasteiger partial charge on any atom is 0.221 e. The van der Waals surface area contributed by atoms with Crippen molar-refractivity contribution in [2.24, 2.45) is 12.8 Å². The van der Waals surface area contributed by atoms with E-state index in [-0.39, 0.29) is 18.3 Å². The van der Waals surface area contributed by atoms with E-state index in [0.717, 1.165) is 41.4 Å². The molecule has 26 heavy (non-hydrogen) atoms. The van der Waals surface area contributed by atoms with Gasteiger partial charge in [0, 0.05) is 37.6 Å². The molecule has 1 unspecified atom stereocenters. The fraction of sp³-hybridized carbons (Fsp3) is 0.556. The second-order valence-electron chi connectivity index (χ2n) is 6.68. The minimum absolute atomic E-state index is 0. The second kappa shape index (κ2) is 9.55. The molecule has 0 saturated carbocycles. The third kappa shape index (κ3) is 4.88. The number of piperidine rings is 1. The summed E-state index contributed by atoms with van der Waals surface area (Å²) in [5.41, 5.74) is 7.45. The molecule has 144 valence electrons. The molecular weight excluding hydrogens is 373 g/mol. The number of nitrogens with two attached hydrogens (primary N) is 1. The van der Waals surface area contributed by atoms with Gasteiger partial charge in [-0.3, -0.25) is 9.69 Å². The number of carbonyl (C=O) groups excluding carboxylic acids is 1. The first-order valence-corrected chi connectivity index (χ1v) is 9.28. The van der Waals surface area contributed by atoms with Crippen molar-refractivity contribution in [2.75, 3.05) is 19.6 Å². The number of carbonyl (C=O) groups is 1. The van der Waals surface area contributed by atoms with Gasteiger partial charge < -0.3 is 15.6 Å². The number of halogens is 2. The SMILES string of the molecule is Cl.Cn1c(CN2CCCCC2CNC(=O)CCN)nc2ccc(Cl)cc21. The summed E-state index contributed by atoms with van der Waals surface area (Å²) in [5.74, 6) is 1.06. The Bertz CT molecular complexity index is 749. The van der Waals surface area contributed by atoms with Crippen molar-refractivity contribution in [1.29, 1.82) is 0 Å². The van der Waals surface area contributed by atoms with Gasteiger partial charge in [0.2, 0.25) is 5.91 Å². The van der Waals surface area contributed by atoms with Crippen LogP contribution in [0, 0.1) is 0 Å². The van der Waals surface area contributed by atoms with Crippen LogP contribution < -0.4 is 11.1 Å². The van der Waals surface area contributed by atoms with Gasteiger partial charge in [0.25, 0.3) is 0 Å². The van der Waals surface area contributed by atoms with Gasteiger partial charge >= 0.3 is 0 Å². The molecule has 1 atom stereocenters. The maximum absolute atomic E-state index is 11.7. The average Bonchev–Trinajstić information content (AvgIpc) is 2.90. The Morgan fingerprint density at radius 3 is 3.00 bits per heavy atom. The molecule has 0 aliphatic carbocycles. The zero-order valence-electron chi connectivity index (χ0n) is 15.1. The molecule has 0 spiro atoms. The molecule has 1 aromatic heterocycles. The van der Waals surface area contributed by atoms with Crippen LogP contribution in [0.15, 0.2) is 18.2 Å². The highest BCUT2D eigenvalue weighted by molar-refractivity contribution is 6.31. The van der Waals surface area contributed by atoms with Crippen LogP contribution in [0.3, 0.4) is 0 Å². The first-order valence-electron chi connectivity index (χ1n) is 8.90. The normalized spacial score (nSPS) is 17.9. The number of aromatic nitrogens is 2. The minimum atomic E-state index is 0. The smallest absolute Gasteiger partial charge is 0.221 e. The lowest BCUT2D eigenvalue weighted by Crippen LogP contribution is -2.46. The first kappa shape index (κ1) is 21.0. The molecule has 2 aromatic rings. The molecule has 0 radical (unpaired) electrons. The molecule has 0 bridgehead atoms. The highest BCUT2D eigenvalue weighted by atomic mass is 35.5. The van der Waals surface area contributed by atoms with Gasteiger partial charge in [-0.25, -0.2) is 4.98 Å². The quantitative estimate of drug-likeness (QED) is 0.781. The molecule has 2 heterocycles. The second-order valence-corrected chi connectivity index (χ2v) is 7.12. The van der Waals surface area contributed by atoms with E-state index in [1.165, 1.54) is 12.8 Å². The van der Waals surface area contributed by atoms with Crippen LogP contribution in [-0.4, -0.2) is 46.0 Å². The molecule has 1 amide bonds.